The van der Waals surface area contributed by atoms with E-state index in [0.29, 0.717) is 5.57 Å². The molecule has 0 saturated heterocycles. The van der Waals surface area contributed by atoms with Crippen molar-refractivity contribution in [2.45, 2.75) is 97.2 Å². The van der Waals surface area contributed by atoms with E-state index in [1.54, 1.807) is 6.92 Å². The molecule has 0 amide bonds. The summed E-state index contributed by atoms with van der Waals surface area (Å²) in [6, 6.07) is 3.90. The van der Waals surface area contributed by atoms with Crippen LogP contribution in [0, 0.1) is 0 Å². The molecule has 4 heteroatoms. The number of hydrogen-bond acceptors (Lipinski definition) is 2. The summed E-state index contributed by atoms with van der Waals surface area (Å²) in [6.45, 7) is 9.24. The molecule has 0 spiro atoms. The van der Waals surface area contributed by atoms with Gasteiger partial charge in [-0.1, -0.05) is 65.4 Å². The Labute approximate surface area is 144 Å². The normalized spacial score (nSPS) is 12.6. The smallest absolute Gasteiger partial charge is 0.330 e. The third-order valence-corrected chi connectivity index (χ3v) is 9.11. The molecule has 1 N–H and O–H groups in total. The van der Waals surface area contributed by atoms with Crippen LogP contribution in [0.15, 0.2) is 11.6 Å². The first-order chi connectivity index (χ1) is 11.0. The molecule has 0 aromatic heterocycles. The average Bonchev–Trinajstić information content (AvgIpc) is 2.55. The molecule has 0 fully saturated rings. The molecule has 0 aliphatic rings. The van der Waals surface area contributed by atoms with Gasteiger partial charge in [0.1, 0.15) is 0 Å². The summed E-state index contributed by atoms with van der Waals surface area (Å²) in [6.07, 6.45) is 11.2. The van der Waals surface area contributed by atoms with Crippen LogP contribution >= 0.6 is 0 Å². The zero-order valence-corrected chi connectivity index (χ0v) is 16.8. The Bertz CT molecular complexity index is 318. The Morgan fingerprint density at radius 3 is 1.83 bits per heavy atom. The summed E-state index contributed by atoms with van der Waals surface area (Å²) >= 11 is 0. The largest absolute Gasteiger partial charge is 0.478 e. The van der Waals surface area contributed by atoms with Crippen LogP contribution in [0.25, 0.3) is 0 Å². The SMILES string of the molecule is CCCC[Si](CCCC)(CCCC)OCCCC=C(C)C(=O)O. The highest BCUT2D eigenvalue weighted by Crippen LogP contribution is 2.29. The number of carboxylic acid groups (broad SMARTS) is 1. The van der Waals surface area contributed by atoms with Crippen LogP contribution < -0.4 is 0 Å². The zero-order valence-electron chi connectivity index (χ0n) is 15.8. The van der Waals surface area contributed by atoms with Gasteiger partial charge in [0, 0.05) is 12.2 Å². The Balaban J connectivity index is 4.51. The maximum atomic E-state index is 10.8. The minimum absolute atomic E-state index is 0.441. The first kappa shape index (κ1) is 22.4. The second kappa shape index (κ2) is 13.8. The molecular formula is C19H38O3Si. The van der Waals surface area contributed by atoms with E-state index < -0.39 is 14.3 Å². The zero-order chi connectivity index (χ0) is 17.6. The van der Waals surface area contributed by atoms with Crippen LogP contribution in [0.3, 0.4) is 0 Å². The quantitative estimate of drug-likeness (QED) is 0.220. The van der Waals surface area contributed by atoms with Crippen LogP contribution in [0.2, 0.25) is 18.1 Å². The molecule has 3 nitrogen and oxygen atoms in total. The maximum absolute atomic E-state index is 10.8. The van der Waals surface area contributed by atoms with Crippen LogP contribution in [0.5, 0.6) is 0 Å². The van der Waals surface area contributed by atoms with E-state index in [1.165, 1.54) is 56.7 Å². The summed E-state index contributed by atoms with van der Waals surface area (Å²) in [7, 11) is -1.59. The summed E-state index contributed by atoms with van der Waals surface area (Å²) in [4.78, 5) is 10.8. The van der Waals surface area contributed by atoms with Crippen molar-refractivity contribution < 1.29 is 14.3 Å². The van der Waals surface area contributed by atoms with Crippen molar-refractivity contribution in [3.8, 4) is 0 Å². The van der Waals surface area contributed by atoms with Crippen LogP contribution in [-0.2, 0) is 9.22 Å². The van der Waals surface area contributed by atoms with E-state index in [-0.39, 0.29) is 0 Å². The molecule has 0 aliphatic carbocycles. The fraction of sp³-hybridized carbons (Fsp3) is 0.842. The van der Waals surface area contributed by atoms with Crippen molar-refractivity contribution in [1.82, 2.24) is 0 Å². The second-order valence-corrected chi connectivity index (χ2v) is 10.8. The van der Waals surface area contributed by atoms with Gasteiger partial charge in [0.15, 0.2) is 8.32 Å². The predicted octanol–water partition coefficient (Wildman–Crippen LogP) is 6.16. The maximum Gasteiger partial charge on any atom is 0.330 e. The Morgan fingerprint density at radius 2 is 1.43 bits per heavy atom. The van der Waals surface area contributed by atoms with Crippen LogP contribution in [0.4, 0.5) is 0 Å². The fourth-order valence-corrected chi connectivity index (χ4v) is 7.62. The fourth-order valence-electron chi connectivity index (χ4n) is 2.87. The number of rotatable bonds is 15. The molecule has 136 valence electrons. The highest BCUT2D eigenvalue weighted by Gasteiger charge is 2.32. The number of hydrogen-bond donors (Lipinski definition) is 1. The molecule has 0 aliphatic heterocycles. The highest BCUT2D eigenvalue weighted by molar-refractivity contribution is 6.73. The molecule has 0 rings (SSSR count). The van der Waals surface area contributed by atoms with Gasteiger partial charge in [-0.05, 0) is 37.9 Å². The van der Waals surface area contributed by atoms with E-state index in [4.69, 9.17) is 9.53 Å². The van der Waals surface area contributed by atoms with Gasteiger partial charge in [-0.15, -0.1) is 0 Å². The lowest BCUT2D eigenvalue weighted by Gasteiger charge is -2.32. The van der Waals surface area contributed by atoms with E-state index >= 15 is 0 Å². The third-order valence-electron chi connectivity index (χ3n) is 4.50. The van der Waals surface area contributed by atoms with Crippen molar-refractivity contribution >= 4 is 14.3 Å². The number of carboxylic acids is 1. The van der Waals surface area contributed by atoms with E-state index in [1.807, 2.05) is 6.08 Å². The Hall–Kier alpha value is -0.613. The van der Waals surface area contributed by atoms with E-state index in [2.05, 4.69) is 20.8 Å². The van der Waals surface area contributed by atoms with Crippen LogP contribution in [-0.4, -0.2) is 26.0 Å². The van der Waals surface area contributed by atoms with Crippen molar-refractivity contribution in [2.24, 2.45) is 0 Å². The minimum Gasteiger partial charge on any atom is -0.478 e. The number of unbranched alkanes of at least 4 members (excludes halogenated alkanes) is 4. The average molecular weight is 343 g/mol. The van der Waals surface area contributed by atoms with Crippen molar-refractivity contribution in [3.05, 3.63) is 11.6 Å². The van der Waals surface area contributed by atoms with Gasteiger partial charge in [-0.3, -0.25) is 0 Å². The van der Waals surface area contributed by atoms with E-state index in [9.17, 15) is 4.79 Å². The van der Waals surface area contributed by atoms with Gasteiger partial charge in [0.2, 0.25) is 0 Å². The van der Waals surface area contributed by atoms with E-state index in [0.717, 1.165) is 19.4 Å². The van der Waals surface area contributed by atoms with Gasteiger partial charge in [0.25, 0.3) is 0 Å². The summed E-state index contributed by atoms with van der Waals surface area (Å²) in [5.41, 5.74) is 0.441. The summed E-state index contributed by atoms with van der Waals surface area (Å²) < 4.78 is 6.54. The monoisotopic (exact) mass is 342 g/mol. The molecule has 0 unspecified atom stereocenters. The van der Waals surface area contributed by atoms with Gasteiger partial charge >= 0.3 is 5.97 Å². The van der Waals surface area contributed by atoms with Crippen molar-refractivity contribution in [2.75, 3.05) is 6.61 Å². The molecule has 0 atom stereocenters. The Kier molecular flexibility index (Phi) is 13.4. The lowest BCUT2D eigenvalue weighted by atomic mass is 10.2. The highest BCUT2D eigenvalue weighted by atomic mass is 28.4. The van der Waals surface area contributed by atoms with Gasteiger partial charge in [-0.25, -0.2) is 4.79 Å². The molecule has 0 saturated carbocycles. The molecule has 0 heterocycles. The number of allylic oxidation sites excluding steroid dienone is 1. The second-order valence-electron chi connectivity index (χ2n) is 6.68. The first-order valence-corrected chi connectivity index (χ1v) is 12.1. The third kappa shape index (κ3) is 10.7. The summed E-state index contributed by atoms with van der Waals surface area (Å²) in [5, 5.41) is 8.87. The number of carbonyl (C=O) groups is 1. The topological polar surface area (TPSA) is 46.5 Å². The van der Waals surface area contributed by atoms with Gasteiger partial charge in [-0.2, -0.15) is 0 Å². The first-order valence-electron chi connectivity index (χ1n) is 9.55. The van der Waals surface area contributed by atoms with Gasteiger partial charge in [0.05, 0.1) is 0 Å². The molecule has 0 aromatic carbocycles. The lowest BCUT2D eigenvalue weighted by Crippen LogP contribution is -2.38. The summed E-state index contributed by atoms with van der Waals surface area (Å²) in [5.74, 6) is -0.816. The lowest BCUT2D eigenvalue weighted by molar-refractivity contribution is -0.132. The number of aliphatic carboxylic acids is 1. The molecule has 0 aromatic rings. The van der Waals surface area contributed by atoms with Crippen molar-refractivity contribution in [3.63, 3.8) is 0 Å². The molecule has 0 radical (unpaired) electrons. The Morgan fingerprint density at radius 1 is 0.957 bits per heavy atom. The standard InChI is InChI=1S/C19H38O3Si/c1-5-8-15-23(16-9-6-2,17-10-7-3)22-14-12-11-13-18(4)19(20)21/h13H,5-12,14-17H2,1-4H3,(H,20,21). The van der Waals surface area contributed by atoms with Crippen molar-refractivity contribution in [1.29, 1.82) is 0 Å². The van der Waals surface area contributed by atoms with Gasteiger partial charge < -0.3 is 9.53 Å². The van der Waals surface area contributed by atoms with Crippen LogP contribution in [0.1, 0.15) is 79.1 Å². The molecular weight excluding hydrogens is 304 g/mol. The molecule has 0 bridgehead atoms. The predicted molar refractivity (Wildman–Crippen MR) is 101 cm³/mol. The molecule has 23 heavy (non-hydrogen) atoms. The minimum atomic E-state index is -1.59.